The smallest absolute Gasteiger partial charge is 0.141 e. The summed E-state index contributed by atoms with van der Waals surface area (Å²) in [7, 11) is 0. The van der Waals surface area contributed by atoms with Gasteiger partial charge in [-0.15, -0.1) is 5.73 Å². The first-order valence-corrected chi connectivity index (χ1v) is 5.52. The van der Waals surface area contributed by atoms with Gasteiger partial charge >= 0.3 is 0 Å². The highest BCUT2D eigenvalue weighted by Crippen LogP contribution is 2.36. The van der Waals surface area contributed by atoms with Crippen molar-refractivity contribution in [3.05, 3.63) is 31.6 Å². The van der Waals surface area contributed by atoms with Crippen molar-refractivity contribution >= 4 is 54.0 Å². The molecule has 0 aliphatic carbocycles. The Labute approximate surface area is 101 Å². The zero-order valence-corrected chi connectivity index (χ0v) is 11.1. The molecular formula is C8H3Br3N2. The Hall–Kier alpha value is -0.270. The van der Waals surface area contributed by atoms with Crippen LogP contribution in [0.15, 0.2) is 25.9 Å². The maximum absolute atomic E-state index is 8.85. The van der Waals surface area contributed by atoms with Gasteiger partial charge in [0, 0.05) is 0 Å². The fourth-order valence-electron chi connectivity index (χ4n) is 0.820. The molecule has 0 spiro atoms. The summed E-state index contributed by atoms with van der Waals surface area (Å²) in [5.74, 6) is 0. The Morgan fingerprint density at radius 1 is 1.31 bits per heavy atom. The molecule has 0 fully saturated rings. The van der Waals surface area contributed by atoms with E-state index in [0.717, 1.165) is 9.08 Å². The molecule has 0 saturated heterocycles. The Bertz CT molecular complexity index is 433. The molecule has 0 N–H and O–H groups in total. The number of rotatable bonds is 1. The van der Waals surface area contributed by atoms with Gasteiger partial charge in [0.2, 0.25) is 0 Å². The zero-order valence-electron chi connectivity index (χ0n) is 6.31. The number of aromatic nitrogens is 1. The van der Waals surface area contributed by atoms with Crippen LogP contribution in [0.4, 0.5) is 0 Å². The monoisotopic (exact) mass is 364 g/mol. The number of hydrogen-bond acceptors (Lipinski definition) is 1. The predicted octanol–water partition coefficient (Wildman–Crippen LogP) is 3.90. The lowest BCUT2D eigenvalue weighted by Gasteiger charge is -1.95. The van der Waals surface area contributed by atoms with Gasteiger partial charge in [0.25, 0.3) is 0 Å². The predicted molar refractivity (Wildman–Crippen MR) is 62.1 cm³/mol. The minimum atomic E-state index is 0.495. The van der Waals surface area contributed by atoms with Crippen molar-refractivity contribution in [2.24, 2.45) is 0 Å². The summed E-state index contributed by atoms with van der Waals surface area (Å²) < 4.78 is 3.91. The van der Waals surface area contributed by atoms with E-state index in [1.54, 1.807) is 10.8 Å². The van der Waals surface area contributed by atoms with E-state index in [2.05, 4.69) is 66.2 Å². The maximum Gasteiger partial charge on any atom is 0.141 e. The Balaban J connectivity index is 3.59. The fraction of sp³-hybridized carbons (Fsp3) is 0. The van der Waals surface area contributed by atoms with Crippen LogP contribution in [0.2, 0.25) is 0 Å². The third kappa shape index (κ3) is 1.82. The molecule has 0 atom stereocenters. The summed E-state index contributed by atoms with van der Waals surface area (Å²) in [6.45, 7) is 3.45. The van der Waals surface area contributed by atoms with E-state index in [-0.39, 0.29) is 0 Å². The Morgan fingerprint density at radius 3 is 2.38 bits per heavy atom. The van der Waals surface area contributed by atoms with E-state index in [9.17, 15) is 0 Å². The summed E-state index contributed by atoms with van der Waals surface area (Å²) in [6.07, 6.45) is 1.58. The van der Waals surface area contributed by atoms with Crippen molar-refractivity contribution in [2.45, 2.75) is 0 Å². The summed E-state index contributed by atoms with van der Waals surface area (Å²) in [5, 5.41) is 8.85. The second kappa shape index (κ2) is 4.30. The minimum absolute atomic E-state index is 0.495. The van der Waals surface area contributed by atoms with Gasteiger partial charge in [-0.1, -0.05) is 6.58 Å². The Kier molecular flexibility index (Phi) is 3.57. The van der Waals surface area contributed by atoms with Gasteiger partial charge in [-0.25, -0.2) is 0 Å². The molecule has 0 bridgehead atoms. The van der Waals surface area contributed by atoms with Crippen LogP contribution in [0, 0.1) is 11.3 Å². The van der Waals surface area contributed by atoms with Crippen LogP contribution in [0.25, 0.3) is 6.20 Å². The molecule has 0 radical (unpaired) electrons. The molecule has 0 aliphatic heterocycles. The molecule has 0 amide bonds. The first-order chi connectivity index (χ1) is 6.13. The third-order valence-corrected chi connectivity index (χ3v) is 4.75. The van der Waals surface area contributed by atoms with E-state index in [4.69, 9.17) is 5.26 Å². The fourth-order valence-corrected chi connectivity index (χ4v) is 2.41. The number of halogens is 3. The maximum atomic E-state index is 8.85. The van der Waals surface area contributed by atoms with Gasteiger partial charge in [-0.2, -0.15) is 5.26 Å². The van der Waals surface area contributed by atoms with Crippen LogP contribution in [0.1, 0.15) is 5.69 Å². The lowest BCUT2D eigenvalue weighted by molar-refractivity contribution is 1.10. The Morgan fingerprint density at radius 2 is 1.92 bits per heavy atom. The van der Waals surface area contributed by atoms with Gasteiger partial charge in [0.05, 0.1) is 15.1 Å². The average Bonchev–Trinajstić information content (AvgIpc) is 2.32. The molecule has 0 aromatic carbocycles. The molecular weight excluding hydrogens is 364 g/mol. The molecule has 0 unspecified atom stereocenters. The van der Waals surface area contributed by atoms with Crippen molar-refractivity contribution in [3.8, 4) is 6.07 Å². The summed E-state index contributed by atoms with van der Waals surface area (Å²) in [6, 6.07) is 2.07. The summed E-state index contributed by atoms with van der Waals surface area (Å²) in [5.41, 5.74) is 3.10. The van der Waals surface area contributed by atoms with Crippen LogP contribution in [-0.2, 0) is 0 Å². The van der Waals surface area contributed by atoms with E-state index in [1.807, 2.05) is 0 Å². The normalized spacial score (nSPS) is 9.08. The second-order valence-electron chi connectivity index (χ2n) is 2.08. The highest BCUT2D eigenvalue weighted by Gasteiger charge is 2.15. The largest absolute Gasteiger partial charge is 0.293 e. The zero-order chi connectivity index (χ0) is 10.0. The van der Waals surface area contributed by atoms with Crippen molar-refractivity contribution in [1.82, 2.24) is 4.57 Å². The van der Waals surface area contributed by atoms with Crippen LogP contribution in [-0.4, -0.2) is 4.57 Å². The van der Waals surface area contributed by atoms with Crippen molar-refractivity contribution in [2.75, 3.05) is 0 Å². The highest BCUT2D eigenvalue weighted by molar-refractivity contribution is 9.14. The van der Waals surface area contributed by atoms with Crippen LogP contribution < -0.4 is 0 Å². The lowest BCUT2D eigenvalue weighted by atomic mass is 10.5. The van der Waals surface area contributed by atoms with Gasteiger partial charge in [0.1, 0.15) is 16.4 Å². The van der Waals surface area contributed by atoms with Crippen molar-refractivity contribution in [1.29, 1.82) is 5.26 Å². The van der Waals surface area contributed by atoms with Gasteiger partial charge < -0.3 is 0 Å². The SMILES string of the molecule is C=C=Cn1c(Br)c(Br)c(Br)c1C#N. The minimum Gasteiger partial charge on any atom is -0.293 e. The topological polar surface area (TPSA) is 28.7 Å². The molecule has 1 rings (SSSR count). The quantitative estimate of drug-likeness (QED) is 0.693. The van der Waals surface area contributed by atoms with E-state index < -0.39 is 0 Å². The van der Waals surface area contributed by atoms with Crippen LogP contribution in [0.3, 0.4) is 0 Å². The highest BCUT2D eigenvalue weighted by atomic mass is 79.9. The standard InChI is InChI=1S/C8H3Br3N2/c1-2-3-13-5(4-12)6(9)7(10)8(13)11/h3H,1H2. The number of nitrogens with zero attached hydrogens (tertiary/aromatic N) is 2. The summed E-state index contributed by atoms with van der Waals surface area (Å²) in [4.78, 5) is 0. The van der Waals surface area contributed by atoms with E-state index >= 15 is 0 Å². The number of hydrogen-bond donors (Lipinski definition) is 0. The third-order valence-electron chi connectivity index (χ3n) is 1.36. The molecule has 1 heterocycles. The molecule has 66 valence electrons. The van der Waals surface area contributed by atoms with Gasteiger partial charge in [-0.3, -0.25) is 4.57 Å². The molecule has 1 aromatic heterocycles. The second-order valence-corrected chi connectivity index (χ2v) is 4.42. The molecule has 0 aliphatic rings. The van der Waals surface area contributed by atoms with Crippen LogP contribution >= 0.6 is 47.8 Å². The first kappa shape index (κ1) is 10.8. The number of nitriles is 1. The van der Waals surface area contributed by atoms with Crippen molar-refractivity contribution in [3.63, 3.8) is 0 Å². The summed E-state index contributed by atoms with van der Waals surface area (Å²) >= 11 is 9.95. The van der Waals surface area contributed by atoms with Gasteiger partial charge in [0.15, 0.2) is 0 Å². The van der Waals surface area contributed by atoms with E-state index in [1.165, 1.54) is 0 Å². The molecule has 5 heteroatoms. The van der Waals surface area contributed by atoms with Crippen molar-refractivity contribution < 1.29 is 0 Å². The molecule has 0 saturated carbocycles. The lowest BCUT2D eigenvalue weighted by Crippen LogP contribution is -1.89. The van der Waals surface area contributed by atoms with E-state index in [0.29, 0.717) is 10.2 Å². The van der Waals surface area contributed by atoms with Crippen LogP contribution in [0.5, 0.6) is 0 Å². The molecule has 13 heavy (non-hydrogen) atoms. The molecule has 2 nitrogen and oxygen atoms in total. The molecule has 1 aromatic rings. The first-order valence-electron chi connectivity index (χ1n) is 3.14. The average molecular weight is 367 g/mol. The van der Waals surface area contributed by atoms with Gasteiger partial charge in [-0.05, 0) is 47.8 Å².